The molecule has 1 aliphatic carbocycles. The van der Waals surface area contributed by atoms with Crippen molar-refractivity contribution >= 4 is 5.82 Å². The Kier molecular flexibility index (Phi) is 2.49. The van der Waals surface area contributed by atoms with Crippen LogP contribution in [0.25, 0.3) is 0 Å². The van der Waals surface area contributed by atoms with Crippen molar-refractivity contribution in [1.29, 1.82) is 0 Å². The second-order valence-electron chi connectivity index (χ2n) is 5.13. The summed E-state index contributed by atoms with van der Waals surface area (Å²) in [6.07, 6.45) is 2.56. The van der Waals surface area contributed by atoms with E-state index in [0.717, 1.165) is 11.5 Å². The lowest BCUT2D eigenvalue weighted by Crippen LogP contribution is -2.09. The SMILES string of the molecule is CC(C)c1nc(C2CC2)n(C(C)C)c1N. The molecule has 0 unspecified atom stereocenters. The quantitative estimate of drug-likeness (QED) is 0.827. The van der Waals surface area contributed by atoms with Crippen LogP contribution in [0.1, 0.15) is 69.9 Å². The molecule has 0 aliphatic heterocycles. The minimum atomic E-state index is 0.417. The van der Waals surface area contributed by atoms with Crippen molar-refractivity contribution in [1.82, 2.24) is 9.55 Å². The lowest BCUT2D eigenvalue weighted by atomic mass is 10.1. The number of hydrogen-bond acceptors (Lipinski definition) is 2. The van der Waals surface area contributed by atoms with Crippen LogP contribution >= 0.6 is 0 Å². The third-order valence-electron chi connectivity index (χ3n) is 3.01. The van der Waals surface area contributed by atoms with Crippen LogP contribution in [0.5, 0.6) is 0 Å². The second-order valence-corrected chi connectivity index (χ2v) is 5.13. The van der Waals surface area contributed by atoms with Crippen molar-refractivity contribution in [2.24, 2.45) is 0 Å². The number of aromatic nitrogens is 2. The second kappa shape index (κ2) is 3.54. The summed E-state index contributed by atoms with van der Waals surface area (Å²) in [7, 11) is 0. The minimum absolute atomic E-state index is 0.417. The molecule has 1 fully saturated rings. The fourth-order valence-electron chi connectivity index (χ4n) is 2.08. The fraction of sp³-hybridized carbons (Fsp3) is 0.750. The van der Waals surface area contributed by atoms with Gasteiger partial charge in [-0.15, -0.1) is 0 Å². The van der Waals surface area contributed by atoms with Crippen molar-refractivity contribution in [3.05, 3.63) is 11.5 Å². The van der Waals surface area contributed by atoms with Crippen LogP contribution in [-0.2, 0) is 0 Å². The first-order valence-electron chi connectivity index (χ1n) is 5.89. The predicted molar refractivity (Wildman–Crippen MR) is 63.1 cm³/mol. The summed E-state index contributed by atoms with van der Waals surface area (Å²) in [6.45, 7) is 8.65. The van der Waals surface area contributed by atoms with Crippen molar-refractivity contribution in [2.75, 3.05) is 5.73 Å². The van der Waals surface area contributed by atoms with Gasteiger partial charge in [-0.2, -0.15) is 0 Å². The Morgan fingerprint density at radius 1 is 1.27 bits per heavy atom. The Morgan fingerprint density at radius 3 is 2.27 bits per heavy atom. The number of nitrogens with two attached hydrogens (primary N) is 1. The Morgan fingerprint density at radius 2 is 1.87 bits per heavy atom. The Hall–Kier alpha value is -0.990. The smallest absolute Gasteiger partial charge is 0.127 e. The number of nitrogens with zero attached hydrogens (tertiary/aromatic N) is 2. The van der Waals surface area contributed by atoms with Gasteiger partial charge < -0.3 is 10.3 Å². The van der Waals surface area contributed by atoms with Crippen LogP contribution in [0, 0.1) is 0 Å². The molecule has 2 N–H and O–H groups in total. The van der Waals surface area contributed by atoms with Gasteiger partial charge in [0.05, 0.1) is 5.69 Å². The summed E-state index contributed by atoms with van der Waals surface area (Å²) in [5, 5.41) is 0. The highest BCUT2D eigenvalue weighted by atomic mass is 15.2. The fourth-order valence-corrected chi connectivity index (χ4v) is 2.08. The number of nitrogen functional groups attached to an aromatic ring is 1. The molecule has 1 saturated carbocycles. The molecular formula is C12H21N3. The van der Waals surface area contributed by atoms with Crippen LogP contribution in [0.3, 0.4) is 0 Å². The highest BCUT2D eigenvalue weighted by molar-refractivity contribution is 5.42. The van der Waals surface area contributed by atoms with Gasteiger partial charge in [0.1, 0.15) is 11.6 Å². The lowest BCUT2D eigenvalue weighted by Gasteiger charge is -2.13. The summed E-state index contributed by atoms with van der Waals surface area (Å²) in [4.78, 5) is 4.73. The van der Waals surface area contributed by atoms with E-state index >= 15 is 0 Å². The van der Waals surface area contributed by atoms with Crippen LogP contribution in [0.15, 0.2) is 0 Å². The molecule has 0 bridgehead atoms. The summed E-state index contributed by atoms with van der Waals surface area (Å²) < 4.78 is 2.22. The molecule has 0 aromatic carbocycles. The number of anilines is 1. The highest BCUT2D eigenvalue weighted by Crippen LogP contribution is 2.42. The first-order chi connectivity index (χ1) is 7.02. The van der Waals surface area contributed by atoms with Gasteiger partial charge >= 0.3 is 0 Å². The molecule has 2 rings (SSSR count). The van der Waals surface area contributed by atoms with Gasteiger partial charge in [-0.1, -0.05) is 13.8 Å². The standard InChI is InChI=1S/C12H21N3/c1-7(2)10-11(13)15(8(3)4)12(14-10)9-5-6-9/h7-9H,5-6,13H2,1-4H3. The molecule has 15 heavy (non-hydrogen) atoms. The number of rotatable bonds is 3. The molecule has 1 aliphatic rings. The van der Waals surface area contributed by atoms with Crippen molar-refractivity contribution in [2.45, 2.75) is 58.4 Å². The van der Waals surface area contributed by atoms with Gasteiger partial charge in [0.2, 0.25) is 0 Å². The first-order valence-corrected chi connectivity index (χ1v) is 5.89. The molecule has 84 valence electrons. The zero-order valence-corrected chi connectivity index (χ0v) is 10.1. The van der Waals surface area contributed by atoms with Crippen LogP contribution in [0.4, 0.5) is 5.82 Å². The summed E-state index contributed by atoms with van der Waals surface area (Å²) in [5.41, 5.74) is 7.25. The molecule has 0 spiro atoms. The van der Waals surface area contributed by atoms with E-state index in [2.05, 4.69) is 32.3 Å². The zero-order chi connectivity index (χ0) is 11.2. The largest absolute Gasteiger partial charge is 0.384 e. The van der Waals surface area contributed by atoms with Gasteiger partial charge in [0.25, 0.3) is 0 Å². The van der Waals surface area contributed by atoms with E-state index in [1.807, 2.05) is 0 Å². The van der Waals surface area contributed by atoms with E-state index in [1.165, 1.54) is 18.7 Å². The van der Waals surface area contributed by atoms with Gasteiger partial charge in [0.15, 0.2) is 0 Å². The van der Waals surface area contributed by atoms with E-state index in [1.54, 1.807) is 0 Å². The number of imidazole rings is 1. The van der Waals surface area contributed by atoms with Gasteiger partial charge in [-0.25, -0.2) is 4.98 Å². The summed E-state index contributed by atoms with van der Waals surface area (Å²) in [5.74, 6) is 3.18. The monoisotopic (exact) mass is 207 g/mol. The number of hydrogen-bond donors (Lipinski definition) is 1. The summed E-state index contributed by atoms with van der Waals surface area (Å²) in [6, 6.07) is 0.417. The Bertz CT molecular complexity index is 359. The van der Waals surface area contributed by atoms with Gasteiger partial charge in [-0.3, -0.25) is 0 Å². The lowest BCUT2D eigenvalue weighted by molar-refractivity contribution is 0.576. The van der Waals surface area contributed by atoms with Crippen LogP contribution in [0.2, 0.25) is 0 Å². The molecule has 1 heterocycles. The summed E-state index contributed by atoms with van der Waals surface area (Å²) >= 11 is 0. The maximum absolute atomic E-state index is 6.17. The van der Waals surface area contributed by atoms with Gasteiger partial charge in [-0.05, 0) is 32.6 Å². The molecular weight excluding hydrogens is 186 g/mol. The highest BCUT2D eigenvalue weighted by Gasteiger charge is 2.31. The zero-order valence-electron chi connectivity index (χ0n) is 10.1. The van der Waals surface area contributed by atoms with E-state index in [9.17, 15) is 0 Å². The molecule has 3 heteroatoms. The molecule has 0 radical (unpaired) electrons. The molecule has 3 nitrogen and oxygen atoms in total. The molecule has 1 aromatic rings. The normalized spacial score (nSPS) is 16.7. The third-order valence-corrected chi connectivity index (χ3v) is 3.01. The Balaban J connectivity index is 2.48. The Labute approximate surface area is 91.7 Å². The maximum Gasteiger partial charge on any atom is 0.127 e. The molecule has 0 amide bonds. The van der Waals surface area contributed by atoms with Crippen LogP contribution < -0.4 is 5.73 Å². The predicted octanol–water partition coefficient (Wildman–Crippen LogP) is 3.05. The molecule has 0 atom stereocenters. The van der Waals surface area contributed by atoms with Crippen LogP contribution in [-0.4, -0.2) is 9.55 Å². The first kappa shape index (κ1) is 10.5. The molecule has 0 saturated heterocycles. The van der Waals surface area contributed by atoms with E-state index in [4.69, 9.17) is 10.7 Å². The maximum atomic E-state index is 6.17. The van der Waals surface area contributed by atoms with Crippen molar-refractivity contribution < 1.29 is 0 Å². The third kappa shape index (κ3) is 1.75. The topological polar surface area (TPSA) is 43.8 Å². The average molecular weight is 207 g/mol. The van der Waals surface area contributed by atoms with E-state index < -0.39 is 0 Å². The van der Waals surface area contributed by atoms with E-state index in [0.29, 0.717) is 17.9 Å². The minimum Gasteiger partial charge on any atom is -0.384 e. The average Bonchev–Trinajstić information content (AvgIpc) is 2.89. The van der Waals surface area contributed by atoms with Crippen molar-refractivity contribution in [3.8, 4) is 0 Å². The van der Waals surface area contributed by atoms with Gasteiger partial charge in [0, 0.05) is 12.0 Å². The molecule has 1 aromatic heterocycles. The van der Waals surface area contributed by atoms with E-state index in [-0.39, 0.29) is 0 Å². The van der Waals surface area contributed by atoms with Crippen molar-refractivity contribution in [3.63, 3.8) is 0 Å².